The highest BCUT2D eigenvalue weighted by Gasteiger charge is 2.53. The van der Waals surface area contributed by atoms with Crippen molar-refractivity contribution in [1.29, 1.82) is 0 Å². The molecule has 0 radical (unpaired) electrons. The first-order valence-corrected chi connectivity index (χ1v) is 13.5. The number of hydrogen-bond acceptors (Lipinski definition) is 6. The van der Waals surface area contributed by atoms with Crippen molar-refractivity contribution in [3.63, 3.8) is 0 Å². The molecular weight excluding hydrogens is 488 g/mol. The summed E-state index contributed by atoms with van der Waals surface area (Å²) in [7, 11) is 0. The Balaban J connectivity index is 1.62. The lowest BCUT2D eigenvalue weighted by atomic mass is 9.93. The van der Waals surface area contributed by atoms with Gasteiger partial charge in [-0.1, -0.05) is 44.2 Å². The number of hydroxylamine groups is 2. The molecule has 1 aromatic rings. The van der Waals surface area contributed by atoms with Gasteiger partial charge >= 0.3 is 6.09 Å². The Hall–Kier alpha value is -3.14. The number of rotatable bonds is 5. The monoisotopic (exact) mass is 528 g/mol. The van der Waals surface area contributed by atoms with Crippen LogP contribution in [0.25, 0.3) is 0 Å². The maximum atomic E-state index is 13.9. The molecule has 3 aliphatic heterocycles. The zero-order valence-electron chi connectivity index (χ0n) is 23.1. The Morgan fingerprint density at radius 3 is 2.32 bits per heavy atom. The van der Waals surface area contributed by atoms with Crippen LogP contribution in [0.3, 0.4) is 0 Å². The molecule has 38 heavy (non-hydrogen) atoms. The molecule has 0 bridgehead atoms. The van der Waals surface area contributed by atoms with Crippen LogP contribution in [0.5, 0.6) is 0 Å². The van der Waals surface area contributed by atoms with Gasteiger partial charge in [0.25, 0.3) is 5.91 Å². The molecule has 10 heteroatoms. The third-order valence-corrected chi connectivity index (χ3v) is 7.63. The van der Waals surface area contributed by atoms with Gasteiger partial charge in [0.2, 0.25) is 11.8 Å². The molecule has 3 heterocycles. The van der Waals surface area contributed by atoms with Crippen LogP contribution in [0.2, 0.25) is 0 Å². The van der Waals surface area contributed by atoms with E-state index in [9.17, 15) is 19.2 Å². The SMILES string of the molecule is CC(=O)N1CCC(N2CC3N(C[C@@H](CC(C)C)C2=O)C(=O)C(C)(C)ON3C(=O)OCc2ccccc2)CC1. The lowest BCUT2D eigenvalue weighted by Crippen LogP contribution is -2.68. The van der Waals surface area contributed by atoms with Gasteiger partial charge in [-0.2, -0.15) is 5.06 Å². The summed E-state index contributed by atoms with van der Waals surface area (Å²) in [5.74, 6) is -0.402. The van der Waals surface area contributed by atoms with E-state index in [0.29, 0.717) is 32.4 Å². The quantitative estimate of drug-likeness (QED) is 0.583. The number of piperidine rings is 1. The van der Waals surface area contributed by atoms with Crippen LogP contribution in [0.15, 0.2) is 30.3 Å². The second kappa shape index (κ2) is 11.3. The van der Waals surface area contributed by atoms with Crippen LogP contribution in [0.1, 0.15) is 59.4 Å². The summed E-state index contributed by atoms with van der Waals surface area (Å²) in [6.07, 6.45) is 0.394. The summed E-state index contributed by atoms with van der Waals surface area (Å²) in [5.41, 5.74) is -0.465. The Morgan fingerprint density at radius 1 is 1.05 bits per heavy atom. The molecule has 2 atom stereocenters. The molecule has 4 rings (SSSR count). The molecule has 3 saturated heterocycles. The lowest BCUT2D eigenvalue weighted by molar-refractivity contribution is -0.281. The van der Waals surface area contributed by atoms with E-state index < -0.39 is 23.8 Å². The van der Waals surface area contributed by atoms with Crippen molar-refractivity contribution in [1.82, 2.24) is 19.8 Å². The summed E-state index contributed by atoms with van der Waals surface area (Å²) in [6, 6.07) is 9.24. The minimum Gasteiger partial charge on any atom is -0.443 e. The summed E-state index contributed by atoms with van der Waals surface area (Å²) in [6.45, 7) is 10.5. The summed E-state index contributed by atoms with van der Waals surface area (Å²) < 4.78 is 5.60. The van der Waals surface area contributed by atoms with Crippen LogP contribution in [0.4, 0.5) is 4.79 Å². The van der Waals surface area contributed by atoms with E-state index in [1.807, 2.05) is 35.2 Å². The highest BCUT2D eigenvalue weighted by atomic mass is 16.8. The van der Waals surface area contributed by atoms with Crippen molar-refractivity contribution in [2.75, 3.05) is 26.2 Å². The molecule has 1 unspecified atom stereocenters. The number of likely N-dealkylation sites (tertiary alicyclic amines) is 1. The maximum absolute atomic E-state index is 13.9. The van der Waals surface area contributed by atoms with Crippen LogP contribution >= 0.6 is 0 Å². The minimum absolute atomic E-state index is 0.0161. The van der Waals surface area contributed by atoms with E-state index in [2.05, 4.69) is 13.8 Å². The first kappa shape index (κ1) is 27.9. The molecule has 4 amide bonds. The fraction of sp³-hybridized carbons (Fsp3) is 0.643. The zero-order chi connectivity index (χ0) is 27.6. The van der Waals surface area contributed by atoms with E-state index in [1.54, 1.807) is 30.6 Å². The number of carbonyl (C=O) groups is 4. The smallest absolute Gasteiger partial charge is 0.436 e. The standard InChI is InChI=1S/C28H40N4O6/c1-19(2)15-22-16-31-24(17-30(25(22)34)23-11-13-29(14-12-23)20(3)33)32(38-28(4,5)26(31)35)27(36)37-18-21-9-7-6-8-10-21/h6-10,19,22-24H,11-18H2,1-5H3/t22-,24?/m1/s1. The first-order valence-electron chi connectivity index (χ1n) is 13.5. The zero-order valence-corrected chi connectivity index (χ0v) is 23.1. The first-order chi connectivity index (χ1) is 18.0. The third-order valence-electron chi connectivity index (χ3n) is 7.63. The highest BCUT2D eigenvalue weighted by molar-refractivity contribution is 5.88. The van der Waals surface area contributed by atoms with Crippen LogP contribution in [-0.4, -0.2) is 87.6 Å². The molecule has 0 N–H and O–H groups in total. The molecule has 0 spiro atoms. The molecule has 0 aliphatic carbocycles. The van der Waals surface area contributed by atoms with Crippen LogP contribution in [-0.2, 0) is 30.6 Å². The normalized spacial score (nSPS) is 24.4. The average molecular weight is 529 g/mol. The lowest BCUT2D eigenvalue weighted by Gasteiger charge is -2.48. The highest BCUT2D eigenvalue weighted by Crippen LogP contribution is 2.34. The molecule has 3 aliphatic rings. The Labute approximate surface area is 224 Å². The molecule has 0 saturated carbocycles. The van der Waals surface area contributed by atoms with Crippen molar-refractivity contribution < 1.29 is 28.8 Å². The average Bonchev–Trinajstić information content (AvgIpc) is 3.02. The van der Waals surface area contributed by atoms with E-state index in [-0.39, 0.29) is 49.4 Å². The van der Waals surface area contributed by atoms with E-state index in [1.165, 1.54) is 0 Å². The number of amides is 4. The fourth-order valence-corrected chi connectivity index (χ4v) is 5.65. The van der Waals surface area contributed by atoms with E-state index >= 15 is 0 Å². The largest absolute Gasteiger partial charge is 0.443 e. The molecular formula is C28H40N4O6. The number of benzene rings is 1. The fourth-order valence-electron chi connectivity index (χ4n) is 5.65. The minimum atomic E-state index is -1.30. The number of fused-ring (bicyclic) bond motifs is 1. The van der Waals surface area contributed by atoms with Gasteiger partial charge in [0.05, 0.1) is 12.5 Å². The molecule has 10 nitrogen and oxygen atoms in total. The van der Waals surface area contributed by atoms with Crippen molar-refractivity contribution >= 4 is 23.8 Å². The molecule has 0 aromatic heterocycles. The van der Waals surface area contributed by atoms with Crippen molar-refractivity contribution in [2.45, 2.75) is 78.3 Å². The summed E-state index contributed by atoms with van der Waals surface area (Å²) in [4.78, 5) is 63.9. The van der Waals surface area contributed by atoms with E-state index in [0.717, 1.165) is 10.6 Å². The summed E-state index contributed by atoms with van der Waals surface area (Å²) in [5, 5.41) is 1.15. The van der Waals surface area contributed by atoms with Gasteiger partial charge in [-0.05, 0) is 44.6 Å². The number of ether oxygens (including phenoxy) is 1. The van der Waals surface area contributed by atoms with Gasteiger partial charge in [-0.15, -0.1) is 0 Å². The van der Waals surface area contributed by atoms with Gasteiger partial charge < -0.3 is 19.4 Å². The van der Waals surface area contributed by atoms with Gasteiger partial charge in [-0.3, -0.25) is 14.4 Å². The summed E-state index contributed by atoms with van der Waals surface area (Å²) >= 11 is 0. The topological polar surface area (TPSA) is 99.7 Å². The third kappa shape index (κ3) is 5.95. The second-order valence-electron chi connectivity index (χ2n) is 11.5. The molecule has 1 aromatic carbocycles. The van der Waals surface area contributed by atoms with Gasteiger partial charge in [-0.25, -0.2) is 9.63 Å². The van der Waals surface area contributed by atoms with Crippen LogP contribution < -0.4 is 0 Å². The Bertz CT molecular complexity index is 1040. The van der Waals surface area contributed by atoms with Crippen molar-refractivity contribution in [2.24, 2.45) is 11.8 Å². The van der Waals surface area contributed by atoms with Crippen molar-refractivity contribution in [3.8, 4) is 0 Å². The number of hydrogen-bond donors (Lipinski definition) is 0. The Morgan fingerprint density at radius 2 is 1.71 bits per heavy atom. The predicted octanol–water partition coefficient (Wildman–Crippen LogP) is 3.02. The number of carbonyl (C=O) groups excluding carboxylic acids is 4. The van der Waals surface area contributed by atoms with Crippen LogP contribution in [0, 0.1) is 11.8 Å². The molecule has 208 valence electrons. The number of nitrogens with zero attached hydrogens (tertiary/aromatic N) is 4. The Kier molecular flexibility index (Phi) is 8.30. The maximum Gasteiger partial charge on any atom is 0.436 e. The van der Waals surface area contributed by atoms with Gasteiger partial charge in [0.1, 0.15) is 6.61 Å². The van der Waals surface area contributed by atoms with E-state index in [4.69, 9.17) is 9.57 Å². The van der Waals surface area contributed by atoms with Gasteiger partial charge in [0.15, 0.2) is 11.8 Å². The second-order valence-corrected chi connectivity index (χ2v) is 11.5. The van der Waals surface area contributed by atoms with Crippen molar-refractivity contribution in [3.05, 3.63) is 35.9 Å². The predicted molar refractivity (Wildman–Crippen MR) is 139 cm³/mol. The van der Waals surface area contributed by atoms with Gasteiger partial charge in [0, 0.05) is 32.6 Å². The molecule has 3 fully saturated rings.